The molecular weight excluding hydrogens is 328 g/mol. The minimum absolute atomic E-state index is 0.256. The number of rotatable bonds is 7. The normalized spacial score (nSPS) is 17.3. The Kier molecular flexibility index (Phi) is 5.08. The Morgan fingerprint density at radius 1 is 1.27 bits per heavy atom. The number of pyridine rings is 1. The van der Waals surface area contributed by atoms with Gasteiger partial charge in [-0.15, -0.1) is 0 Å². The van der Waals surface area contributed by atoms with E-state index in [1.807, 2.05) is 41.6 Å². The molecule has 0 unspecified atom stereocenters. The lowest BCUT2D eigenvalue weighted by Gasteiger charge is -2.34. The molecule has 1 atom stereocenters. The van der Waals surface area contributed by atoms with E-state index in [-0.39, 0.29) is 6.04 Å². The van der Waals surface area contributed by atoms with E-state index < -0.39 is 0 Å². The highest BCUT2D eigenvalue weighted by molar-refractivity contribution is 5.08. The van der Waals surface area contributed by atoms with Gasteiger partial charge in [-0.2, -0.15) is 5.10 Å². The van der Waals surface area contributed by atoms with Crippen LogP contribution in [0.5, 0.6) is 0 Å². The smallest absolute Gasteiger partial charge is 0.0952 e. The molecule has 26 heavy (non-hydrogen) atoms. The maximum absolute atomic E-state index is 5.95. The van der Waals surface area contributed by atoms with E-state index in [0.717, 1.165) is 31.9 Å². The molecule has 7 nitrogen and oxygen atoms in total. The summed E-state index contributed by atoms with van der Waals surface area (Å²) in [6.45, 7) is 6.90. The minimum atomic E-state index is 0.256. The van der Waals surface area contributed by atoms with Gasteiger partial charge in [0, 0.05) is 50.3 Å². The van der Waals surface area contributed by atoms with E-state index in [1.54, 1.807) is 6.20 Å². The van der Waals surface area contributed by atoms with Gasteiger partial charge in [0.25, 0.3) is 0 Å². The molecule has 0 fully saturated rings. The van der Waals surface area contributed by atoms with Crippen molar-refractivity contribution in [3.05, 3.63) is 66.3 Å². The molecule has 0 radical (unpaired) electrons. The van der Waals surface area contributed by atoms with Crippen LogP contribution in [0.3, 0.4) is 0 Å². The maximum Gasteiger partial charge on any atom is 0.0952 e. The second-order valence-corrected chi connectivity index (χ2v) is 6.66. The standard InChI is InChI=1S/C19H24N6O/c1-2-24-10-16(7-22-24)9-23-11-18-8-20-15-25(18)19(12-23)14-26-13-17-5-3-4-6-21-17/h3-8,10,15,19H,2,9,11-14H2,1H3/t19-/m1/s1. The average molecular weight is 352 g/mol. The van der Waals surface area contributed by atoms with Crippen molar-refractivity contribution in [1.29, 1.82) is 0 Å². The van der Waals surface area contributed by atoms with E-state index >= 15 is 0 Å². The van der Waals surface area contributed by atoms with Crippen molar-refractivity contribution in [3.63, 3.8) is 0 Å². The van der Waals surface area contributed by atoms with Gasteiger partial charge in [0.1, 0.15) is 0 Å². The lowest BCUT2D eigenvalue weighted by atomic mass is 10.2. The van der Waals surface area contributed by atoms with Gasteiger partial charge in [-0.3, -0.25) is 14.6 Å². The van der Waals surface area contributed by atoms with Crippen LogP contribution in [0.4, 0.5) is 0 Å². The van der Waals surface area contributed by atoms with Gasteiger partial charge in [0.15, 0.2) is 0 Å². The zero-order valence-corrected chi connectivity index (χ0v) is 15.0. The molecule has 0 aliphatic carbocycles. The third-order valence-corrected chi connectivity index (χ3v) is 4.70. The number of aryl methyl sites for hydroxylation is 1. The Balaban J connectivity index is 1.39. The molecule has 3 aromatic heterocycles. The molecule has 1 aliphatic heterocycles. The monoisotopic (exact) mass is 352 g/mol. The van der Waals surface area contributed by atoms with Crippen molar-refractivity contribution in [2.24, 2.45) is 0 Å². The third kappa shape index (κ3) is 3.84. The Morgan fingerprint density at radius 2 is 2.23 bits per heavy atom. The Labute approximate surface area is 153 Å². The first-order chi connectivity index (χ1) is 12.8. The fourth-order valence-corrected chi connectivity index (χ4v) is 3.42. The fraction of sp³-hybridized carbons (Fsp3) is 0.421. The molecule has 0 saturated carbocycles. The van der Waals surface area contributed by atoms with Crippen molar-refractivity contribution >= 4 is 0 Å². The Bertz CT molecular complexity index is 827. The summed E-state index contributed by atoms with van der Waals surface area (Å²) in [5.41, 5.74) is 3.43. The van der Waals surface area contributed by atoms with Crippen molar-refractivity contribution in [1.82, 2.24) is 29.2 Å². The Hall–Kier alpha value is -2.51. The first-order valence-corrected chi connectivity index (χ1v) is 9.04. The van der Waals surface area contributed by atoms with E-state index in [4.69, 9.17) is 4.74 Å². The molecule has 0 amide bonds. The predicted molar refractivity (Wildman–Crippen MR) is 97.2 cm³/mol. The second kappa shape index (κ2) is 7.80. The summed E-state index contributed by atoms with van der Waals surface area (Å²) in [7, 11) is 0. The molecule has 0 aromatic carbocycles. The van der Waals surface area contributed by atoms with Crippen molar-refractivity contribution in [2.45, 2.75) is 39.2 Å². The van der Waals surface area contributed by atoms with Crippen LogP contribution in [0.15, 0.2) is 49.3 Å². The molecule has 136 valence electrons. The number of ether oxygens (including phenoxy) is 1. The zero-order valence-electron chi connectivity index (χ0n) is 15.0. The third-order valence-electron chi connectivity index (χ3n) is 4.70. The lowest BCUT2D eigenvalue weighted by molar-refractivity contribution is 0.0573. The summed E-state index contributed by atoms with van der Waals surface area (Å²) >= 11 is 0. The highest BCUT2D eigenvalue weighted by Crippen LogP contribution is 2.23. The molecule has 0 N–H and O–H groups in total. The van der Waals surface area contributed by atoms with E-state index in [0.29, 0.717) is 13.2 Å². The van der Waals surface area contributed by atoms with Crippen LogP contribution in [-0.2, 0) is 31.0 Å². The van der Waals surface area contributed by atoms with Crippen LogP contribution in [0.25, 0.3) is 0 Å². The number of hydrogen-bond acceptors (Lipinski definition) is 5. The molecule has 0 spiro atoms. The number of nitrogens with zero attached hydrogens (tertiary/aromatic N) is 6. The van der Waals surface area contributed by atoms with E-state index in [2.05, 4.69) is 37.7 Å². The number of hydrogen-bond donors (Lipinski definition) is 0. The van der Waals surface area contributed by atoms with Crippen LogP contribution >= 0.6 is 0 Å². The second-order valence-electron chi connectivity index (χ2n) is 6.66. The average Bonchev–Trinajstić information content (AvgIpc) is 3.32. The van der Waals surface area contributed by atoms with Gasteiger partial charge in [-0.25, -0.2) is 4.98 Å². The highest BCUT2D eigenvalue weighted by Gasteiger charge is 2.25. The zero-order chi connectivity index (χ0) is 17.8. The largest absolute Gasteiger partial charge is 0.373 e. The van der Waals surface area contributed by atoms with Gasteiger partial charge >= 0.3 is 0 Å². The first-order valence-electron chi connectivity index (χ1n) is 9.04. The number of aromatic nitrogens is 5. The maximum atomic E-state index is 5.95. The van der Waals surface area contributed by atoms with E-state index in [1.165, 1.54) is 11.3 Å². The van der Waals surface area contributed by atoms with Crippen molar-refractivity contribution in [3.8, 4) is 0 Å². The van der Waals surface area contributed by atoms with Gasteiger partial charge in [-0.1, -0.05) is 6.07 Å². The molecular formula is C19H24N6O. The molecule has 3 aromatic rings. The summed E-state index contributed by atoms with van der Waals surface area (Å²) in [6, 6.07) is 6.15. The van der Waals surface area contributed by atoms with Crippen LogP contribution in [0.1, 0.15) is 29.9 Å². The van der Waals surface area contributed by atoms with Crippen LogP contribution in [-0.4, -0.2) is 42.4 Å². The Morgan fingerprint density at radius 3 is 3.04 bits per heavy atom. The van der Waals surface area contributed by atoms with Crippen LogP contribution < -0.4 is 0 Å². The summed E-state index contributed by atoms with van der Waals surface area (Å²) in [6.07, 6.45) is 9.75. The van der Waals surface area contributed by atoms with Crippen LogP contribution in [0, 0.1) is 0 Å². The lowest BCUT2D eigenvalue weighted by Crippen LogP contribution is -2.38. The number of fused-ring (bicyclic) bond motifs is 1. The summed E-state index contributed by atoms with van der Waals surface area (Å²) in [4.78, 5) is 11.1. The summed E-state index contributed by atoms with van der Waals surface area (Å²) < 4.78 is 10.2. The molecule has 0 bridgehead atoms. The fourth-order valence-electron chi connectivity index (χ4n) is 3.42. The minimum Gasteiger partial charge on any atom is -0.373 e. The quantitative estimate of drug-likeness (QED) is 0.653. The van der Waals surface area contributed by atoms with Gasteiger partial charge in [0.05, 0.1) is 43.2 Å². The number of imidazole rings is 1. The molecule has 4 heterocycles. The molecule has 1 aliphatic rings. The molecule has 0 saturated heterocycles. The van der Waals surface area contributed by atoms with E-state index in [9.17, 15) is 0 Å². The van der Waals surface area contributed by atoms with Crippen molar-refractivity contribution in [2.75, 3.05) is 13.2 Å². The first kappa shape index (κ1) is 16.9. The molecule has 4 rings (SSSR count). The van der Waals surface area contributed by atoms with Gasteiger partial charge < -0.3 is 9.30 Å². The highest BCUT2D eigenvalue weighted by atomic mass is 16.5. The SMILES string of the molecule is CCn1cc(CN2Cc3cncn3[C@@H](COCc3ccccn3)C2)cn1. The summed E-state index contributed by atoms with van der Waals surface area (Å²) in [5, 5.41) is 4.38. The van der Waals surface area contributed by atoms with Crippen molar-refractivity contribution < 1.29 is 4.74 Å². The topological polar surface area (TPSA) is 61.0 Å². The van der Waals surface area contributed by atoms with Gasteiger partial charge in [0.2, 0.25) is 0 Å². The molecule has 7 heteroatoms. The predicted octanol–water partition coefficient (Wildman–Crippen LogP) is 2.27. The van der Waals surface area contributed by atoms with Crippen LogP contribution in [0.2, 0.25) is 0 Å². The van der Waals surface area contributed by atoms with Gasteiger partial charge in [-0.05, 0) is 19.1 Å². The summed E-state index contributed by atoms with van der Waals surface area (Å²) in [5.74, 6) is 0.